The highest BCUT2D eigenvalue weighted by molar-refractivity contribution is 7.09. The average molecular weight is 364 g/mol. The Morgan fingerprint density at radius 3 is 2.56 bits per heavy atom. The maximum Gasteiger partial charge on any atom is 0.311 e. The van der Waals surface area contributed by atoms with Crippen molar-refractivity contribution in [1.82, 2.24) is 20.0 Å². The highest BCUT2D eigenvalue weighted by Gasteiger charge is 2.31. The van der Waals surface area contributed by atoms with Gasteiger partial charge in [-0.2, -0.15) is 0 Å². The number of nitrogens with zero attached hydrogens (tertiary/aromatic N) is 3. The Hall–Kier alpha value is -1.93. The molecule has 3 amide bonds. The van der Waals surface area contributed by atoms with E-state index in [0.717, 1.165) is 17.7 Å². The first-order valence-corrected chi connectivity index (χ1v) is 9.49. The first kappa shape index (κ1) is 17.9. The van der Waals surface area contributed by atoms with Crippen LogP contribution in [0.4, 0.5) is 0 Å². The van der Waals surface area contributed by atoms with Gasteiger partial charge in [-0.15, -0.1) is 11.3 Å². The molecule has 8 heteroatoms. The molecule has 2 aliphatic rings. The standard InChI is InChI=1S/C17H24N4O3S/c1-19(11-14-3-2-10-25-14)15(22)12-20-6-8-21(9-7-20)17(24)16(23)18-13-4-5-13/h2-3,10,13H,4-9,11-12H2,1H3,(H,18,23). The van der Waals surface area contributed by atoms with E-state index in [-0.39, 0.29) is 11.9 Å². The smallest absolute Gasteiger partial charge is 0.311 e. The zero-order chi connectivity index (χ0) is 17.8. The van der Waals surface area contributed by atoms with Crippen molar-refractivity contribution in [3.63, 3.8) is 0 Å². The quantitative estimate of drug-likeness (QED) is 0.754. The molecule has 0 bridgehead atoms. The maximum absolute atomic E-state index is 12.3. The van der Waals surface area contributed by atoms with Crippen LogP contribution in [0.3, 0.4) is 0 Å². The second-order valence-corrected chi connectivity index (χ2v) is 7.68. The van der Waals surface area contributed by atoms with E-state index in [1.807, 2.05) is 29.5 Å². The van der Waals surface area contributed by atoms with E-state index in [1.165, 1.54) is 0 Å². The Balaban J connectivity index is 1.40. The van der Waals surface area contributed by atoms with Crippen LogP contribution in [0.5, 0.6) is 0 Å². The molecule has 3 rings (SSSR count). The Morgan fingerprint density at radius 2 is 1.96 bits per heavy atom. The van der Waals surface area contributed by atoms with Crippen molar-refractivity contribution in [3.8, 4) is 0 Å². The van der Waals surface area contributed by atoms with Gasteiger partial charge in [-0.3, -0.25) is 19.3 Å². The maximum atomic E-state index is 12.3. The number of hydrogen-bond donors (Lipinski definition) is 1. The molecule has 2 heterocycles. The third-order valence-electron chi connectivity index (χ3n) is 4.52. The summed E-state index contributed by atoms with van der Waals surface area (Å²) in [6.07, 6.45) is 1.93. The Morgan fingerprint density at radius 1 is 1.24 bits per heavy atom. The molecule has 136 valence electrons. The number of nitrogens with one attached hydrogen (secondary N) is 1. The molecule has 1 aliphatic heterocycles. The van der Waals surface area contributed by atoms with Crippen LogP contribution in [0.1, 0.15) is 17.7 Å². The van der Waals surface area contributed by atoms with Crippen molar-refractivity contribution in [2.75, 3.05) is 39.8 Å². The van der Waals surface area contributed by atoms with Gasteiger partial charge in [-0.1, -0.05) is 6.07 Å². The summed E-state index contributed by atoms with van der Waals surface area (Å²) in [6, 6.07) is 4.19. The van der Waals surface area contributed by atoms with E-state index in [0.29, 0.717) is 39.3 Å². The van der Waals surface area contributed by atoms with Gasteiger partial charge in [0.2, 0.25) is 5.91 Å². The van der Waals surface area contributed by atoms with E-state index in [9.17, 15) is 14.4 Å². The number of carbonyl (C=O) groups is 3. The molecule has 2 fully saturated rings. The highest BCUT2D eigenvalue weighted by atomic mass is 32.1. The van der Waals surface area contributed by atoms with Gasteiger partial charge in [0.1, 0.15) is 0 Å². The SMILES string of the molecule is CN(Cc1cccs1)C(=O)CN1CCN(C(=O)C(=O)NC2CC2)CC1. The van der Waals surface area contributed by atoms with E-state index in [2.05, 4.69) is 5.32 Å². The molecule has 0 unspecified atom stereocenters. The molecule has 25 heavy (non-hydrogen) atoms. The van der Waals surface area contributed by atoms with Crippen LogP contribution in [0, 0.1) is 0 Å². The molecule has 7 nitrogen and oxygen atoms in total. The fourth-order valence-corrected chi connectivity index (χ4v) is 3.52. The molecule has 1 N–H and O–H groups in total. The lowest BCUT2D eigenvalue weighted by Crippen LogP contribution is -2.54. The summed E-state index contributed by atoms with van der Waals surface area (Å²) in [5, 5.41) is 4.73. The van der Waals surface area contributed by atoms with Gasteiger partial charge in [0.25, 0.3) is 0 Å². The third kappa shape index (κ3) is 5.02. The van der Waals surface area contributed by atoms with Gasteiger partial charge < -0.3 is 15.1 Å². The minimum atomic E-state index is -0.497. The molecule has 1 aliphatic carbocycles. The minimum absolute atomic E-state index is 0.0691. The summed E-state index contributed by atoms with van der Waals surface area (Å²) >= 11 is 1.64. The summed E-state index contributed by atoms with van der Waals surface area (Å²) in [6.45, 7) is 3.16. The van der Waals surface area contributed by atoms with Crippen LogP contribution in [0.15, 0.2) is 17.5 Å². The second kappa shape index (κ2) is 7.97. The van der Waals surface area contributed by atoms with Crippen LogP contribution >= 0.6 is 11.3 Å². The zero-order valence-corrected chi connectivity index (χ0v) is 15.3. The van der Waals surface area contributed by atoms with Gasteiger partial charge in [-0.25, -0.2) is 0 Å². The molecule has 1 aromatic heterocycles. The normalized spacial score (nSPS) is 18.0. The zero-order valence-electron chi connectivity index (χ0n) is 14.4. The van der Waals surface area contributed by atoms with E-state index in [4.69, 9.17) is 0 Å². The van der Waals surface area contributed by atoms with Crippen molar-refractivity contribution in [3.05, 3.63) is 22.4 Å². The fraction of sp³-hybridized carbons (Fsp3) is 0.588. The number of thiophene rings is 1. The van der Waals surface area contributed by atoms with Gasteiger partial charge in [0, 0.05) is 44.1 Å². The van der Waals surface area contributed by atoms with E-state index < -0.39 is 11.8 Å². The number of amides is 3. The molecule has 0 spiro atoms. The Bertz CT molecular complexity index is 622. The van der Waals surface area contributed by atoms with Crippen molar-refractivity contribution in [2.24, 2.45) is 0 Å². The topological polar surface area (TPSA) is 73.0 Å². The number of hydrogen-bond acceptors (Lipinski definition) is 5. The molecular formula is C17H24N4O3S. The highest BCUT2D eigenvalue weighted by Crippen LogP contribution is 2.18. The first-order chi connectivity index (χ1) is 12.0. The number of piperazine rings is 1. The van der Waals surface area contributed by atoms with Gasteiger partial charge in [-0.05, 0) is 24.3 Å². The van der Waals surface area contributed by atoms with E-state index in [1.54, 1.807) is 21.1 Å². The number of likely N-dealkylation sites (N-methyl/N-ethyl adjacent to an activating group) is 1. The molecule has 1 saturated carbocycles. The largest absolute Gasteiger partial charge is 0.345 e. The lowest BCUT2D eigenvalue weighted by atomic mass is 10.3. The van der Waals surface area contributed by atoms with Crippen LogP contribution in [-0.4, -0.2) is 78.2 Å². The van der Waals surface area contributed by atoms with Crippen LogP contribution in [0.25, 0.3) is 0 Å². The number of carbonyl (C=O) groups excluding carboxylic acids is 3. The van der Waals surface area contributed by atoms with Gasteiger partial charge in [0.05, 0.1) is 13.1 Å². The summed E-state index contributed by atoms with van der Waals surface area (Å²) in [5.74, 6) is -0.880. The van der Waals surface area contributed by atoms with Crippen LogP contribution < -0.4 is 5.32 Å². The summed E-state index contributed by atoms with van der Waals surface area (Å²) in [5.41, 5.74) is 0. The monoisotopic (exact) mass is 364 g/mol. The summed E-state index contributed by atoms with van der Waals surface area (Å²) in [7, 11) is 1.81. The Kier molecular flexibility index (Phi) is 5.70. The third-order valence-corrected chi connectivity index (χ3v) is 5.39. The summed E-state index contributed by atoms with van der Waals surface area (Å²) in [4.78, 5) is 42.8. The molecule has 0 radical (unpaired) electrons. The Labute approximate surface area is 151 Å². The fourth-order valence-electron chi connectivity index (χ4n) is 2.76. The molecular weight excluding hydrogens is 340 g/mol. The molecule has 0 aromatic carbocycles. The van der Waals surface area contributed by atoms with Crippen LogP contribution in [0.2, 0.25) is 0 Å². The summed E-state index contributed by atoms with van der Waals surface area (Å²) < 4.78 is 0. The predicted octanol–water partition coefficient (Wildman–Crippen LogP) is 0.129. The molecule has 1 aromatic rings. The predicted molar refractivity (Wildman–Crippen MR) is 95.0 cm³/mol. The average Bonchev–Trinajstić information content (AvgIpc) is 3.27. The molecule has 1 saturated heterocycles. The van der Waals surface area contributed by atoms with Crippen molar-refractivity contribution in [1.29, 1.82) is 0 Å². The lowest BCUT2D eigenvalue weighted by Gasteiger charge is -2.34. The van der Waals surface area contributed by atoms with Crippen molar-refractivity contribution >= 4 is 29.1 Å². The van der Waals surface area contributed by atoms with Crippen molar-refractivity contribution in [2.45, 2.75) is 25.4 Å². The minimum Gasteiger partial charge on any atom is -0.345 e. The first-order valence-electron chi connectivity index (χ1n) is 8.61. The van der Waals surface area contributed by atoms with Gasteiger partial charge >= 0.3 is 11.8 Å². The molecule has 0 atom stereocenters. The van der Waals surface area contributed by atoms with Gasteiger partial charge in [0.15, 0.2) is 0 Å². The second-order valence-electron chi connectivity index (χ2n) is 6.65. The van der Waals surface area contributed by atoms with E-state index >= 15 is 0 Å². The van der Waals surface area contributed by atoms with Crippen LogP contribution in [-0.2, 0) is 20.9 Å². The number of rotatable bonds is 5. The lowest BCUT2D eigenvalue weighted by molar-refractivity contribution is -0.147. The van der Waals surface area contributed by atoms with Crippen molar-refractivity contribution < 1.29 is 14.4 Å².